The van der Waals surface area contributed by atoms with Crippen LogP contribution in [0, 0.1) is 12.8 Å². The Morgan fingerprint density at radius 1 is 1.29 bits per heavy atom. The summed E-state index contributed by atoms with van der Waals surface area (Å²) in [5, 5.41) is 3.01. The van der Waals surface area contributed by atoms with Crippen LogP contribution in [0.25, 0.3) is 0 Å². The number of benzene rings is 1. The number of ether oxygens (including phenoxy) is 2. The fourth-order valence-corrected chi connectivity index (χ4v) is 5.70. The van der Waals surface area contributed by atoms with Crippen LogP contribution in [0.15, 0.2) is 29.2 Å². The van der Waals surface area contributed by atoms with Gasteiger partial charge in [0, 0.05) is 13.1 Å². The Morgan fingerprint density at radius 2 is 2.00 bits per heavy atom. The largest absolute Gasteiger partial charge is 0.497 e. The van der Waals surface area contributed by atoms with E-state index < -0.39 is 21.9 Å². The lowest BCUT2D eigenvalue weighted by Crippen LogP contribution is -2.43. The van der Waals surface area contributed by atoms with E-state index in [1.165, 1.54) is 23.5 Å². The summed E-state index contributed by atoms with van der Waals surface area (Å²) < 4.78 is 37.4. The minimum absolute atomic E-state index is 0.0787. The van der Waals surface area contributed by atoms with Crippen LogP contribution >= 0.6 is 11.3 Å². The number of piperidine rings is 1. The number of hydrogen-bond donors (Lipinski definition) is 1. The number of carbonyl (C=O) groups excluding carboxylic acids is 2. The van der Waals surface area contributed by atoms with Gasteiger partial charge in [0.05, 0.1) is 30.2 Å². The van der Waals surface area contributed by atoms with Crippen molar-refractivity contribution >= 4 is 38.4 Å². The van der Waals surface area contributed by atoms with Gasteiger partial charge in [0.1, 0.15) is 10.6 Å². The van der Waals surface area contributed by atoms with Crippen LogP contribution in [0.4, 0.5) is 5.13 Å². The Hall–Kier alpha value is -2.50. The van der Waals surface area contributed by atoms with Gasteiger partial charge in [-0.2, -0.15) is 4.31 Å². The van der Waals surface area contributed by atoms with Gasteiger partial charge in [-0.15, -0.1) is 0 Å². The first-order valence-electron chi connectivity index (χ1n) is 9.86. The highest BCUT2D eigenvalue weighted by atomic mass is 32.2. The van der Waals surface area contributed by atoms with Crippen molar-refractivity contribution in [3.8, 4) is 5.75 Å². The molecule has 2 aromatic rings. The van der Waals surface area contributed by atoms with E-state index in [1.807, 2.05) is 0 Å². The van der Waals surface area contributed by atoms with Crippen molar-refractivity contribution < 1.29 is 27.5 Å². The number of anilines is 1. The number of esters is 1. The molecule has 0 radical (unpaired) electrons. The van der Waals surface area contributed by atoms with Gasteiger partial charge in [0.25, 0.3) is 0 Å². The molecule has 11 heteroatoms. The summed E-state index contributed by atoms with van der Waals surface area (Å²) >= 11 is 1.05. The van der Waals surface area contributed by atoms with E-state index in [1.54, 1.807) is 26.0 Å². The van der Waals surface area contributed by atoms with E-state index in [0.717, 1.165) is 11.3 Å². The lowest BCUT2D eigenvalue weighted by Gasteiger charge is -2.31. The fourth-order valence-electron chi connectivity index (χ4n) is 3.31. The monoisotopic (exact) mass is 467 g/mol. The number of methoxy groups -OCH3 is 1. The van der Waals surface area contributed by atoms with E-state index in [9.17, 15) is 18.0 Å². The summed E-state index contributed by atoms with van der Waals surface area (Å²) in [6.07, 6.45) is 1.13. The zero-order chi connectivity index (χ0) is 22.6. The molecule has 1 aliphatic heterocycles. The summed E-state index contributed by atoms with van der Waals surface area (Å²) in [6, 6.07) is 6.17. The third-order valence-electron chi connectivity index (χ3n) is 4.94. The van der Waals surface area contributed by atoms with Crippen LogP contribution in [0.3, 0.4) is 0 Å². The average Bonchev–Trinajstić information content (AvgIpc) is 3.14. The maximum Gasteiger partial charge on any atom is 0.350 e. The molecule has 1 N–H and O–H groups in total. The first kappa shape index (κ1) is 23.2. The molecule has 1 fully saturated rings. The van der Waals surface area contributed by atoms with Crippen molar-refractivity contribution in [2.45, 2.75) is 31.6 Å². The Labute approximate surface area is 185 Å². The molecular formula is C20H25N3O6S2. The van der Waals surface area contributed by atoms with Gasteiger partial charge in [0.15, 0.2) is 5.13 Å². The maximum absolute atomic E-state index is 13.0. The Morgan fingerprint density at radius 3 is 2.65 bits per heavy atom. The number of carbonyl (C=O) groups is 2. The predicted octanol–water partition coefficient (Wildman–Crippen LogP) is 2.68. The molecule has 1 aromatic carbocycles. The van der Waals surface area contributed by atoms with Crippen molar-refractivity contribution in [2.75, 3.05) is 32.1 Å². The Bertz CT molecular complexity index is 1050. The van der Waals surface area contributed by atoms with E-state index in [-0.39, 0.29) is 24.0 Å². The SMILES string of the molecule is CCOC(=O)c1sc(NC(=O)C2CCCN(S(=O)(=O)c3ccc(OC)cc3)C2)nc1C. The molecule has 1 atom stereocenters. The van der Waals surface area contributed by atoms with E-state index in [2.05, 4.69) is 10.3 Å². The number of rotatable bonds is 7. The first-order chi connectivity index (χ1) is 14.8. The number of aryl methyl sites for hydroxylation is 1. The van der Waals surface area contributed by atoms with Crippen LogP contribution in [0.5, 0.6) is 5.75 Å². The number of aromatic nitrogens is 1. The molecule has 168 valence electrons. The van der Waals surface area contributed by atoms with Crippen molar-refractivity contribution in [1.29, 1.82) is 0 Å². The third kappa shape index (κ3) is 5.23. The second-order valence-electron chi connectivity index (χ2n) is 7.02. The predicted molar refractivity (Wildman–Crippen MR) is 116 cm³/mol. The minimum atomic E-state index is -3.72. The highest BCUT2D eigenvalue weighted by molar-refractivity contribution is 7.89. The van der Waals surface area contributed by atoms with Gasteiger partial charge in [-0.1, -0.05) is 11.3 Å². The normalized spacial score (nSPS) is 17.2. The van der Waals surface area contributed by atoms with Crippen LogP contribution in [-0.2, 0) is 19.6 Å². The van der Waals surface area contributed by atoms with Crippen molar-refractivity contribution in [3.05, 3.63) is 34.8 Å². The zero-order valence-electron chi connectivity index (χ0n) is 17.6. The molecule has 0 aliphatic carbocycles. The highest BCUT2D eigenvalue weighted by Crippen LogP contribution is 2.28. The molecular weight excluding hydrogens is 442 g/mol. The standard InChI is InChI=1S/C20H25N3O6S2/c1-4-29-19(25)17-13(2)21-20(30-17)22-18(24)14-6-5-11-23(12-14)31(26,27)16-9-7-15(28-3)8-10-16/h7-10,14H,4-6,11-12H2,1-3H3,(H,21,22,24). The number of nitrogens with zero attached hydrogens (tertiary/aromatic N) is 2. The second kappa shape index (κ2) is 9.75. The van der Waals surface area contributed by atoms with E-state index >= 15 is 0 Å². The van der Waals surface area contributed by atoms with Gasteiger partial charge in [-0.3, -0.25) is 4.79 Å². The lowest BCUT2D eigenvalue weighted by atomic mass is 9.99. The van der Waals surface area contributed by atoms with Crippen LogP contribution < -0.4 is 10.1 Å². The van der Waals surface area contributed by atoms with Gasteiger partial charge in [0.2, 0.25) is 15.9 Å². The average molecular weight is 468 g/mol. The molecule has 1 aliphatic rings. The van der Waals surface area contributed by atoms with Crippen LogP contribution in [0.1, 0.15) is 35.1 Å². The number of sulfonamides is 1. The number of thiazole rings is 1. The quantitative estimate of drug-likeness (QED) is 0.623. The summed E-state index contributed by atoms with van der Waals surface area (Å²) in [6.45, 7) is 4.06. The van der Waals surface area contributed by atoms with Gasteiger partial charge in [-0.05, 0) is 51.0 Å². The highest BCUT2D eigenvalue weighted by Gasteiger charge is 2.33. The topological polar surface area (TPSA) is 115 Å². The van der Waals surface area contributed by atoms with E-state index in [4.69, 9.17) is 9.47 Å². The third-order valence-corrected chi connectivity index (χ3v) is 7.87. The summed E-state index contributed by atoms with van der Waals surface area (Å²) in [5.74, 6) is -0.751. The van der Waals surface area contributed by atoms with E-state index in [0.29, 0.717) is 40.8 Å². The smallest absolute Gasteiger partial charge is 0.350 e. The van der Waals surface area contributed by atoms with Crippen molar-refractivity contribution in [3.63, 3.8) is 0 Å². The summed E-state index contributed by atoms with van der Waals surface area (Å²) in [7, 11) is -2.21. The lowest BCUT2D eigenvalue weighted by molar-refractivity contribution is -0.120. The molecule has 0 spiro atoms. The molecule has 1 saturated heterocycles. The maximum atomic E-state index is 13.0. The summed E-state index contributed by atoms with van der Waals surface area (Å²) in [4.78, 5) is 29.4. The van der Waals surface area contributed by atoms with Crippen molar-refractivity contribution in [2.24, 2.45) is 5.92 Å². The summed E-state index contributed by atoms with van der Waals surface area (Å²) in [5.41, 5.74) is 0.478. The molecule has 1 unspecified atom stereocenters. The molecule has 0 bridgehead atoms. The molecule has 1 amide bonds. The second-order valence-corrected chi connectivity index (χ2v) is 9.96. The molecule has 1 aromatic heterocycles. The van der Waals surface area contributed by atoms with Crippen LogP contribution in [0.2, 0.25) is 0 Å². The number of hydrogen-bond acceptors (Lipinski definition) is 8. The van der Waals surface area contributed by atoms with Gasteiger partial charge >= 0.3 is 5.97 Å². The molecule has 0 saturated carbocycles. The molecule has 9 nitrogen and oxygen atoms in total. The van der Waals surface area contributed by atoms with Gasteiger partial charge < -0.3 is 14.8 Å². The first-order valence-corrected chi connectivity index (χ1v) is 12.1. The Kier molecular flexibility index (Phi) is 7.29. The van der Waals surface area contributed by atoms with Gasteiger partial charge in [-0.25, -0.2) is 18.2 Å². The van der Waals surface area contributed by atoms with Crippen molar-refractivity contribution in [1.82, 2.24) is 9.29 Å². The van der Waals surface area contributed by atoms with Crippen LogP contribution in [-0.4, -0.2) is 56.4 Å². The minimum Gasteiger partial charge on any atom is -0.497 e. The zero-order valence-corrected chi connectivity index (χ0v) is 19.2. The molecule has 2 heterocycles. The molecule has 3 rings (SSSR count). The molecule has 31 heavy (non-hydrogen) atoms. The Balaban J connectivity index is 1.69. The number of amides is 1. The number of nitrogens with one attached hydrogen (secondary N) is 1. The fraction of sp³-hybridized carbons (Fsp3) is 0.450.